The van der Waals surface area contributed by atoms with Gasteiger partial charge in [-0.1, -0.05) is 38.1 Å². The van der Waals surface area contributed by atoms with Gasteiger partial charge in [-0.05, 0) is 42.7 Å². The molecule has 4 rings (SSSR count). The first-order valence-electron chi connectivity index (χ1n) is 8.68. The standard InChI is InChI=1S/C21H19FN2O2/c1-3-21(2)12-13-6-4-5-7-16(13)18-17(21)19(25)24(20(26)23-18)15-10-8-14(22)9-11-15/h4-11H,3,12H2,1-2H3,(H,23,26)/t21-/m0/s1. The van der Waals surface area contributed by atoms with Crippen molar-refractivity contribution in [2.24, 2.45) is 0 Å². The highest BCUT2D eigenvalue weighted by Gasteiger charge is 2.37. The van der Waals surface area contributed by atoms with Crippen LogP contribution < -0.4 is 11.2 Å². The van der Waals surface area contributed by atoms with Crippen LogP contribution in [-0.2, 0) is 11.8 Å². The second-order valence-electron chi connectivity index (χ2n) is 7.05. The summed E-state index contributed by atoms with van der Waals surface area (Å²) >= 11 is 0. The molecular formula is C21H19FN2O2. The van der Waals surface area contributed by atoms with Crippen LogP contribution in [-0.4, -0.2) is 9.55 Å². The molecule has 0 aliphatic heterocycles. The van der Waals surface area contributed by atoms with Gasteiger partial charge < -0.3 is 4.98 Å². The zero-order valence-corrected chi connectivity index (χ0v) is 14.7. The first kappa shape index (κ1) is 16.5. The number of halogens is 1. The molecule has 132 valence electrons. The van der Waals surface area contributed by atoms with E-state index in [1.165, 1.54) is 24.3 Å². The quantitative estimate of drug-likeness (QED) is 0.768. The van der Waals surface area contributed by atoms with Gasteiger partial charge in [-0.15, -0.1) is 0 Å². The molecule has 1 N–H and O–H groups in total. The fraction of sp³-hybridized carbons (Fsp3) is 0.238. The summed E-state index contributed by atoms with van der Waals surface area (Å²) in [4.78, 5) is 29.0. The first-order chi connectivity index (χ1) is 12.4. The molecule has 0 saturated heterocycles. The molecule has 0 fully saturated rings. The molecule has 26 heavy (non-hydrogen) atoms. The monoisotopic (exact) mass is 350 g/mol. The van der Waals surface area contributed by atoms with Gasteiger partial charge in [0.05, 0.1) is 11.4 Å². The fourth-order valence-corrected chi connectivity index (χ4v) is 3.85. The van der Waals surface area contributed by atoms with Crippen LogP contribution in [0.25, 0.3) is 16.9 Å². The lowest BCUT2D eigenvalue weighted by molar-refractivity contribution is 0.437. The van der Waals surface area contributed by atoms with Crippen molar-refractivity contribution in [1.29, 1.82) is 0 Å². The number of hydrogen-bond donors (Lipinski definition) is 1. The molecule has 1 aliphatic rings. The highest BCUT2D eigenvalue weighted by atomic mass is 19.1. The topological polar surface area (TPSA) is 54.9 Å². The molecule has 0 bridgehead atoms. The Labute approximate surface area is 150 Å². The van der Waals surface area contributed by atoms with Crippen molar-refractivity contribution >= 4 is 0 Å². The Morgan fingerprint density at radius 2 is 1.81 bits per heavy atom. The second-order valence-corrected chi connectivity index (χ2v) is 7.05. The highest BCUT2D eigenvalue weighted by Crippen LogP contribution is 2.41. The minimum absolute atomic E-state index is 0.339. The third kappa shape index (κ3) is 2.35. The molecule has 0 saturated carbocycles. The van der Waals surface area contributed by atoms with Crippen molar-refractivity contribution < 1.29 is 4.39 Å². The van der Waals surface area contributed by atoms with Crippen molar-refractivity contribution in [3.8, 4) is 16.9 Å². The van der Waals surface area contributed by atoms with Crippen molar-refractivity contribution in [1.82, 2.24) is 9.55 Å². The van der Waals surface area contributed by atoms with E-state index in [1.807, 2.05) is 31.2 Å². The van der Waals surface area contributed by atoms with E-state index in [0.29, 0.717) is 16.9 Å². The van der Waals surface area contributed by atoms with E-state index in [-0.39, 0.29) is 11.0 Å². The molecular weight excluding hydrogens is 331 g/mol. The van der Waals surface area contributed by atoms with E-state index < -0.39 is 11.5 Å². The third-order valence-corrected chi connectivity index (χ3v) is 5.44. The third-order valence-electron chi connectivity index (χ3n) is 5.44. The molecule has 3 aromatic rings. The van der Waals surface area contributed by atoms with Crippen molar-refractivity contribution in [3.05, 3.63) is 86.3 Å². The number of aromatic nitrogens is 2. The molecule has 2 aromatic carbocycles. The zero-order valence-electron chi connectivity index (χ0n) is 14.7. The van der Waals surface area contributed by atoms with Crippen LogP contribution in [0.3, 0.4) is 0 Å². The average molecular weight is 350 g/mol. The van der Waals surface area contributed by atoms with Gasteiger partial charge in [-0.3, -0.25) is 4.79 Å². The Balaban J connectivity index is 2.08. The normalized spacial score (nSPS) is 18.3. The van der Waals surface area contributed by atoms with Crippen LogP contribution in [0.2, 0.25) is 0 Å². The molecule has 5 heteroatoms. The van der Waals surface area contributed by atoms with E-state index in [4.69, 9.17) is 0 Å². The molecule has 0 radical (unpaired) electrons. The second kappa shape index (κ2) is 5.80. The minimum atomic E-state index is -0.518. The zero-order chi connectivity index (χ0) is 18.5. The molecule has 1 aliphatic carbocycles. The Bertz CT molecular complexity index is 1110. The number of benzene rings is 2. The van der Waals surface area contributed by atoms with Crippen molar-refractivity contribution in [2.45, 2.75) is 32.1 Å². The van der Waals surface area contributed by atoms with E-state index in [9.17, 15) is 14.0 Å². The smallest absolute Gasteiger partial charge is 0.306 e. The lowest BCUT2D eigenvalue weighted by Crippen LogP contribution is -2.44. The maximum absolute atomic E-state index is 13.4. The van der Waals surface area contributed by atoms with Crippen LogP contribution in [0.4, 0.5) is 4.39 Å². The number of H-pyrrole nitrogens is 1. The Morgan fingerprint density at radius 3 is 2.50 bits per heavy atom. The van der Waals surface area contributed by atoms with Gasteiger partial charge in [0.2, 0.25) is 0 Å². The summed E-state index contributed by atoms with van der Waals surface area (Å²) in [5, 5.41) is 0. The minimum Gasteiger partial charge on any atom is -0.306 e. The molecule has 4 nitrogen and oxygen atoms in total. The number of nitrogens with one attached hydrogen (secondary N) is 1. The maximum Gasteiger partial charge on any atom is 0.333 e. The first-order valence-corrected chi connectivity index (χ1v) is 8.68. The summed E-state index contributed by atoms with van der Waals surface area (Å²) < 4.78 is 14.3. The summed E-state index contributed by atoms with van der Waals surface area (Å²) in [7, 11) is 0. The van der Waals surface area contributed by atoms with Gasteiger partial charge >= 0.3 is 5.69 Å². The number of nitrogens with zero attached hydrogens (tertiary/aromatic N) is 1. The van der Waals surface area contributed by atoms with Gasteiger partial charge in [0, 0.05) is 16.5 Å². The van der Waals surface area contributed by atoms with Crippen molar-refractivity contribution in [2.75, 3.05) is 0 Å². The van der Waals surface area contributed by atoms with Gasteiger partial charge in [0.1, 0.15) is 5.82 Å². The Morgan fingerprint density at radius 1 is 1.12 bits per heavy atom. The van der Waals surface area contributed by atoms with Crippen molar-refractivity contribution in [3.63, 3.8) is 0 Å². The molecule has 0 amide bonds. The maximum atomic E-state index is 13.4. The van der Waals surface area contributed by atoms with E-state index in [1.54, 1.807) is 0 Å². The number of hydrogen-bond acceptors (Lipinski definition) is 2. The predicted molar refractivity (Wildman–Crippen MR) is 99.4 cm³/mol. The molecule has 1 atom stereocenters. The summed E-state index contributed by atoms with van der Waals surface area (Å²) in [5.74, 6) is -0.413. The van der Waals surface area contributed by atoms with Crippen LogP contribution in [0.1, 0.15) is 31.4 Å². The van der Waals surface area contributed by atoms with Gasteiger partial charge in [0.25, 0.3) is 5.56 Å². The van der Waals surface area contributed by atoms with Gasteiger partial charge in [-0.25, -0.2) is 13.8 Å². The highest BCUT2D eigenvalue weighted by molar-refractivity contribution is 5.71. The average Bonchev–Trinajstić information content (AvgIpc) is 2.63. The van der Waals surface area contributed by atoms with E-state index in [0.717, 1.165) is 28.5 Å². The van der Waals surface area contributed by atoms with E-state index in [2.05, 4.69) is 11.9 Å². The van der Waals surface area contributed by atoms with Crippen LogP contribution in [0.5, 0.6) is 0 Å². The molecule has 0 unspecified atom stereocenters. The largest absolute Gasteiger partial charge is 0.333 e. The summed E-state index contributed by atoms with van der Waals surface area (Å²) in [6, 6.07) is 13.2. The summed E-state index contributed by atoms with van der Waals surface area (Å²) in [6.07, 6.45) is 1.50. The van der Waals surface area contributed by atoms with Gasteiger partial charge in [-0.2, -0.15) is 0 Å². The summed E-state index contributed by atoms with van der Waals surface area (Å²) in [6.45, 7) is 4.10. The van der Waals surface area contributed by atoms with Crippen LogP contribution >= 0.6 is 0 Å². The number of rotatable bonds is 2. The molecule has 1 aromatic heterocycles. The van der Waals surface area contributed by atoms with Crippen LogP contribution in [0, 0.1) is 5.82 Å². The fourth-order valence-electron chi connectivity index (χ4n) is 3.85. The van der Waals surface area contributed by atoms with E-state index >= 15 is 0 Å². The number of aromatic amines is 1. The number of fused-ring (bicyclic) bond motifs is 3. The summed E-state index contributed by atoms with van der Waals surface area (Å²) in [5.41, 5.74) is 2.36. The Kier molecular flexibility index (Phi) is 3.68. The predicted octanol–water partition coefficient (Wildman–Crippen LogP) is 3.56. The lowest BCUT2D eigenvalue weighted by atomic mass is 9.69. The van der Waals surface area contributed by atoms with Crippen LogP contribution in [0.15, 0.2) is 58.1 Å². The lowest BCUT2D eigenvalue weighted by Gasteiger charge is -2.35. The SMILES string of the molecule is CC[C@@]1(C)Cc2ccccc2-c2[nH]c(=O)n(-c3ccc(F)cc3)c(=O)c21. The molecule has 0 spiro atoms. The van der Waals surface area contributed by atoms with Gasteiger partial charge in [0.15, 0.2) is 0 Å². The Hall–Kier alpha value is -2.95. The molecule has 1 heterocycles.